The minimum Gasteiger partial charge on any atom is -0.380 e. The molecule has 22 heavy (non-hydrogen) atoms. The first-order valence-corrected chi connectivity index (χ1v) is 7.88. The van der Waals surface area contributed by atoms with E-state index >= 15 is 0 Å². The fourth-order valence-corrected chi connectivity index (χ4v) is 3.41. The SMILES string of the molecule is C=C1CC(c2noc(C3(Cc4ccccc4)CCOC3)n2)C1. The Hall–Kier alpha value is -1.94. The van der Waals surface area contributed by atoms with Crippen LogP contribution in [-0.2, 0) is 16.6 Å². The van der Waals surface area contributed by atoms with Crippen molar-refractivity contribution in [2.45, 2.75) is 37.0 Å². The summed E-state index contributed by atoms with van der Waals surface area (Å²) in [6.45, 7) is 5.39. The number of hydrogen-bond donors (Lipinski definition) is 0. The highest BCUT2D eigenvalue weighted by Crippen LogP contribution is 2.41. The number of benzene rings is 1. The van der Waals surface area contributed by atoms with Crippen LogP contribution in [0.4, 0.5) is 0 Å². The van der Waals surface area contributed by atoms with Gasteiger partial charge in [0, 0.05) is 12.5 Å². The van der Waals surface area contributed by atoms with Crippen molar-refractivity contribution in [2.24, 2.45) is 0 Å². The number of aromatic nitrogens is 2. The van der Waals surface area contributed by atoms with Crippen molar-refractivity contribution < 1.29 is 9.26 Å². The molecule has 1 aromatic heterocycles. The molecule has 1 aliphatic carbocycles. The predicted molar refractivity (Wildman–Crippen MR) is 82.7 cm³/mol. The van der Waals surface area contributed by atoms with Crippen LogP contribution in [0.25, 0.3) is 0 Å². The van der Waals surface area contributed by atoms with Crippen molar-refractivity contribution >= 4 is 0 Å². The van der Waals surface area contributed by atoms with Gasteiger partial charge in [0.05, 0.1) is 12.0 Å². The topological polar surface area (TPSA) is 48.2 Å². The van der Waals surface area contributed by atoms with E-state index in [0.717, 1.165) is 44.0 Å². The summed E-state index contributed by atoms with van der Waals surface area (Å²) in [5.41, 5.74) is 2.39. The van der Waals surface area contributed by atoms with E-state index in [1.165, 1.54) is 11.1 Å². The second-order valence-corrected chi connectivity index (χ2v) is 6.56. The van der Waals surface area contributed by atoms with Crippen molar-refractivity contribution in [1.82, 2.24) is 10.1 Å². The maximum atomic E-state index is 5.67. The zero-order chi connectivity index (χ0) is 15.0. The Bertz CT molecular complexity index is 663. The van der Waals surface area contributed by atoms with Gasteiger partial charge in [-0.15, -0.1) is 0 Å². The van der Waals surface area contributed by atoms with Crippen molar-refractivity contribution in [3.8, 4) is 0 Å². The van der Waals surface area contributed by atoms with E-state index in [0.29, 0.717) is 12.5 Å². The molecule has 1 saturated heterocycles. The molecule has 1 aliphatic heterocycles. The van der Waals surface area contributed by atoms with E-state index in [2.05, 4.69) is 36.0 Å². The quantitative estimate of drug-likeness (QED) is 0.811. The Balaban J connectivity index is 1.60. The third-order valence-electron chi connectivity index (χ3n) is 4.82. The molecule has 4 nitrogen and oxygen atoms in total. The van der Waals surface area contributed by atoms with Gasteiger partial charge in [-0.2, -0.15) is 4.98 Å². The van der Waals surface area contributed by atoms with Gasteiger partial charge in [-0.3, -0.25) is 0 Å². The summed E-state index contributed by atoms with van der Waals surface area (Å²) in [5.74, 6) is 1.96. The van der Waals surface area contributed by atoms with E-state index in [1.54, 1.807) is 0 Å². The van der Waals surface area contributed by atoms with Crippen molar-refractivity contribution in [2.75, 3.05) is 13.2 Å². The van der Waals surface area contributed by atoms with E-state index < -0.39 is 0 Å². The Labute approximate surface area is 130 Å². The Morgan fingerprint density at radius 2 is 2.05 bits per heavy atom. The van der Waals surface area contributed by atoms with Gasteiger partial charge in [-0.25, -0.2) is 0 Å². The van der Waals surface area contributed by atoms with Crippen LogP contribution in [0.3, 0.4) is 0 Å². The smallest absolute Gasteiger partial charge is 0.235 e. The average Bonchev–Trinajstić information content (AvgIpc) is 3.15. The molecule has 0 spiro atoms. The minimum atomic E-state index is -0.173. The lowest BCUT2D eigenvalue weighted by molar-refractivity contribution is 0.163. The molecule has 0 amide bonds. The van der Waals surface area contributed by atoms with Gasteiger partial charge in [0.15, 0.2) is 5.82 Å². The second-order valence-electron chi connectivity index (χ2n) is 6.56. The molecule has 2 aliphatic rings. The van der Waals surface area contributed by atoms with E-state index in [1.807, 2.05) is 6.07 Å². The third kappa shape index (κ3) is 2.37. The lowest BCUT2D eigenvalue weighted by Gasteiger charge is -2.25. The highest BCUT2D eigenvalue weighted by atomic mass is 16.5. The molecule has 0 radical (unpaired) electrons. The molecule has 0 bridgehead atoms. The molecule has 2 aromatic rings. The summed E-state index contributed by atoms with van der Waals surface area (Å²) in [5, 5.41) is 4.22. The number of hydrogen-bond acceptors (Lipinski definition) is 4. The van der Waals surface area contributed by atoms with Crippen LogP contribution in [0.2, 0.25) is 0 Å². The standard InChI is InChI=1S/C18H20N2O2/c1-13-9-15(10-13)16-19-17(22-20-16)18(7-8-21-12-18)11-14-5-3-2-4-6-14/h2-6,15H,1,7-12H2. The molecule has 1 aromatic carbocycles. The number of nitrogens with zero attached hydrogens (tertiary/aromatic N) is 2. The van der Waals surface area contributed by atoms with Crippen LogP contribution < -0.4 is 0 Å². The molecular formula is C18H20N2O2. The van der Waals surface area contributed by atoms with Crippen molar-refractivity contribution in [3.63, 3.8) is 0 Å². The molecule has 2 heterocycles. The van der Waals surface area contributed by atoms with Crippen LogP contribution in [0.5, 0.6) is 0 Å². The number of allylic oxidation sites excluding steroid dienone is 1. The summed E-state index contributed by atoms with van der Waals surface area (Å²) in [6.07, 6.45) is 3.79. The van der Waals surface area contributed by atoms with E-state index in [-0.39, 0.29) is 5.41 Å². The average molecular weight is 296 g/mol. The molecular weight excluding hydrogens is 276 g/mol. The van der Waals surface area contributed by atoms with E-state index in [4.69, 9.17) is 14.2 Å². The van der Waals surface area contributed by atoms with Gasteiger partial charge in [0.25, 0.3) is 0 Å². The lowest BCUT2D eigenvalue weighted by Crippen LogP contribution is -2.30. The summed E-state index contributed by atoms with van der Waals surface area (Å²) < 4.78 is 11.3. The normalized spacial score (nSPS) is 25.4. The molecule has 1 unspecified atom stereocenters. The molecule has 1 saturated carbocycles. The Kier molecular flexibility index (Phi) is 3.34. The highest BCUT2D eigenvalue weighted by Gasteiger charge is 2.43. The van der Waals surface area contributed by atoms with Crippen LogP contribution in [0.15, 0.2) is 47.0 Å². The number of ether oxygens (including phenoxy) is 1. The molecule has 2 fully saturated rings. The van der Waals surface area contributed by atoms with Gasteiger partial charge in [0.1, 0.15) is 0 Å². The van der Waals surface area contributed by atoms with Crippen LogP contribution in [-0.4, -0.2) is 23.4 Å². The first-order valence-electron chi connectivity index (χ1n) is 7.88. The monoisotopic (exact) mass is 296 g/mol. The highest BCUT2D eigenvalue weighted by molar-refractivity contribution is 5.23. The van der Waals surface area contributed by atoms with Crippen molar-refractivity contribution in [1.29, 1.82) is 0 Å². The minimum absolute atomic E-state index is 0.173. The Morgan fingerprint density at radius 3 is 2.73 bits per heavy atom. The molecule has 114 valence electrons. The molecule has 1 atom stereocenters. The predicted octanol–water partition coefficient (Wildman–Crippen LogP) is 3.40. The maximum absolute atomic E-state index is 5.67. The van der Waals surface area contributed by atoms with E-state index in [9.17, 15) is 0 Å². The van der Waals surface area contributed by atoms with Crippen LogP contribution in [0, 0.1) is 0 Å². The summed E-state index contributed by atoms with van der Waals surface area (Å²) in [6, 6.07) is 10.5. The maximum Gasteiger partial charge on any atom is 0.235 e. The summed E-state index contributed by atoms with van der Waals surface area (Å²) in [4.78, 5) is 4.72. The zero-order valence-corrected chi connectivity index (χ0v) is 12.6. The van der Waals surface area contributed by atoms with Crippen LogP contribution >= 0.6 is 0 Å². The van der Waals surface area contributed by atoms with Gasteiger partial charge < -0.3 is 9.26 Å². The molecule has 4 rings (SSSR count). The molecule has 4 heteroatoms. The molecule has 0 N–H and O–H groups in total. The largest absolute Gasteiger partial charge is 0.380 e. The fourth-order valence-electron chi connectivity index (χ4n) is 3.41. The number of rotatable bonds is 4. The summed E-state index contributed by atoms with van der Waals surface area (Å²) >= 11 is 0. The first kappa shape index (κ1) is 13.7. The van der Waals surface area contributed by atoms with Crippen molar-refractivity contribution in [3.05, 3.63) is 59.8 Å². The third-order valence-corrected chi connectivity index (χ3v) is 4.82. The summed E-state index contributed by atoms with van der Waals surface area (Å²) in [7, 11) is 0. The van der Waals surface area contributed by atoms with Gasteiger partial charge in [-0.1, -0.05) is 47.6 Å². The van der Waals surface area contributed by atoms with Gasteiger partial charge >= 0.3 is 0 Å². The van der Waals surface area contributed by atoms with Crippen LogP contribution in [0.1, 0.15) is 42.5 Å². The second kappa shape index (κ2) is 5.36. The zero-order valence-electron chi connectivity index (χ0n) is 12.6. The van der Waals surface area contributed by atoms with Gasteiger partial charge in [0.2, 0.25) is 5.89 Å². The Morgan fingerprint density at radius 1 is 1.23 bits per heavy atom. The fraction of sp³-hybridized carbons (Fsp3) is 0.444. The van der Waals surface area contributed by atoms with Gasteiger partial charge in [-0.05, 0) is 31.2 Å². The lowest BCUT2D eigenvalue weighted by atomic mass is 9.79. The first-order chi connectivity index (χ1) is 10.8.